The quantitative estimate of drug-likeness (QED) is 0.126. The van der Waals surface area contributed by atoms with Crippen LogP contribution in [0.2, 0.25) is 0 Å². The molecule has 0 saturated carbocycles. The number of aromatic nitrogens is 1. The fraction of sp³-hybridized carbons (Fsp3) is 0.351. The molecule has 7 nitrogen and oxygen atoms in total. The third-order valence-corrected chi connectivity index (χ3v) is 7.26. The second kappa shape index (κ2) is 17.1. The van der Waals surface area contributed by atoms with Gasteiger partial charge in [-0.15, -0.1) is 0 Å². The second-order valence-electron chi connectivity index (χ2n) is 10.6. The highest BCUT2D eigenvalue weighted by Crippen LogP contribution is 2.37. The smallest absolute Gasteiger partial charge is 0.341 e. The highest BCUT2D eigenvalue weighted by Gasteiger charge is 2.19. The number of ether oxygens (including phenoxy) is 4. The van der Waals surface area contributed by atoms with Crippen LogP contribution in [0.25, 0.3) is 11.1 Å². The van der Waals surface area contributed by atoms with E-state index in [9.17, 15) is 4.79 Å². The first-order chi connectivity index (χ1) is 21.5. The summed E-state index contributed by atoms with van der Waals surface area (Å²) >= 11 is 0. The van der Waals surface area contributed by atoms with Crippen LogP contribution in [-0.2, 0) is 35.4 Å². The zero-order chi connectivity index (χ0) is 31.1. The summed E-state index contributed by atoms with van der Waals surface area (Å²) in [6, 6.07) is 28.1. The zero-order valence-corrected chi connectivity index (χ0v) is 26.0. The molecule has 7 heteroatoms. The Kier molecular flexibility index (Phi) is 12.6. The van der Waals surface area contributed by atoms with Gasteiger partial charge in [-0.3, -0.25) is 0 Å². The maximum absolute atomic E-state index is 11.0. The number of hydrogen-bond donors (Lipinski definition) is 1. The van der Waals surface area contributed by atoms with Gasteiger partial charge in [0.1, 0.15) is 24.7 Å². The number of aryl methyl sites for hydroxylation is 3. The summed E-state index contributed by atoms with van der Waals surface area (Å²) in [6.07, 6.45) is 4.46. The zero-order valence-electron chi connectivity index (χ0n) is 26.0. The lowest BCUT2D eigenvalue weighted by molar-refractivity contribution is -0.139. The van der Waals surface area contributed by atoms with Crippen molar-refractivity contribution in [1.29, 1.82) is 0 Å². The van der Waals surface area contributed by atoms with Crippen LogP contribution in [-0.4, -0.2) is 42.0 Å². The normalized spacial score (nSPS) is 11.6. The topological polar surface area (TPSA) is 87.1 Å². The van der Waals surface area contributed by atoms with Gasteiger partial charge in [0.2, 0.25) is 5.88 Å². The number of carbonyl (C=O) groups is 1. The molecule has 1 aromatic heterocycles. The number of hydrogen-bond acceptors (Lipinski definition) is 6. The van der Waals surface area contributed by atoms with Crippen molar-refractivity contribution in [2.45, 2.75) is 65.6 Å². The van der Waals surface area contributed by atoms with Gasteiger partial charge in [-0.05, 0) is 67.0 Å². The first-order valence-corrected chi connectivity index (χ1v) is 15.5. The molecule has 0 fully saturated rings. The monoisotopic (exact) mass is 597 g/mol. The van der Waals surface area contributed by atoms with E-state index < -0.39 is 12.6 Å². The average Bonchev–Trinajstić information content (AvgIpc) is 3.05. The molecule has 0 saturated heterocycles. The van der Waals surface area contributed by atoms with Crippen molar-refractivity contribution in [1.82, 2.24) is 4.98 Å². The van der Waals surface area contributed by atoms with Crippen molar-refractivity contribution in [3.8, 4) is 28.5 Å². The predicted octanol–water partition coefficient (Wildman–Crippen LogP) is 7.72. The summed E-state index contributed by atoms with van der Waals surface area (Å²) in [5.74, 6) is 0.608. The van der Waals surface area contributed by atoms with Crippen molar-refractivity contribution < 1.29 is 28.8 Å². The molecule has 3 aromatic carbocycles. The number of aliphatic carboxylic acids is 1. The highest BCUT2D eigenvalue weighted by molar-refractivity contribution is 5.74. The van der Waals surface area contributed by atoms with Crippen molar-refractivity contribution >= 4 is 5.97 Å². The Bertz CT molecular complexity index is 1440. The summed E-state index contributed by atoms with van der Waals surface area (Å²) in [7, 11) is 0. The van der Waals surface area contributed by atoms with Crippen LogP contribution in [0.3, 0.4) is 0 Å². The molecule has 0 spiro atoms. The Morgan fingerprint density at radius 1 is 0.795 bits per heavy atom. The molecule has 1 atom stereocenters. The van der Waals surface area contributed by atoms with Gasteiger partial charge in [0.25, 0.3) is 0 Å². The standard InChI is InChI=1S/C37H43NO6/c1-4-10-27-13-15-28(16-14-27)17-22-33-37(30-18-20-32(21-19-30)42-26-36(39)40)34(43-24-29-11-8-7-9-12-29)23-35(38-33)44-25-31(5-2)41-6-3/h7-9,11-16,18-21,23,31H,4-6,10,17,22,24-26H2,1-3H3,(H,39,40). The minimum atomic E-state index is -1.02. The summed E-state index contributed by atoms with van der Waals surface area (Å²) in [6.45, 7) is 7.24. The van der Waals surface area contributed by atoms with E-state index in [4.69, 9.17) is 29.0 Å². The van der Waals surface area contributed by atoms with Gasteiger partial charge in [0.15, 0.2) is 6.61 Å². The van der Waals surface area contributed by atoms with E-state index in [0.717, 1.165) is 48.1 Å². The predicted molar refractivity (Wildman–Crippen MR) is 173 cm³/mol. The number of nitrogens with zero attached hydrogens (tertiary/aromatic N) is 1. The summed E-state index contributed by atoms with van der Waals surface area (Å²) in [4.78, 5) is 16.0. The van der Waals surface area contributed by atoms with E-state index in [1.165, 1.54) is 11.1 Å². The van der Waals surface area contributed by atoms with Gasteiger partial charge < -0.3 is 24.1 Å². The molecule has 44 heavy (non-hydrogen) atoms. The molecule has 1 N–H and O–H groups in total. The van der Waals surface area contributed by atoms with E-state index in [0.29, 0.717) is 43.6 Å². The van der Waals surface area contributed by atoms with Crippen LogP contribution in [0.1, 0.15) is 56.0 Å². The lowest BCUT2D eigenvalue weighted by atomic mass is 9.97. The first-order valence-electron chi connectivity index (χ1n) is 15.5. The lowest BCUT2D eigenvalue weighted by Crippen LogP contribution is -2.21. The molecule has 0 radical (unpaired) electrons. The number of carboxylic acid groups (broad SMARTS) is 1. The molecule has 0 aliphatic rings. The fourth-order valence-electron chi connectivity index (χ4n) is 4.95. The van der Waals surface area contributed by atoms with Crippen LogP contribution in [0.5, 0.6) is 17.4 Å². The third kappa shape index (κ3) is 9.85. The summed E-state index contributed by atoms with van der Waals surface area (Å²) in [5, 5.41) is 9.01. The Labute approximate surface area is 260 Å². The number of carboxylic acids is 1. The maximum atomic E-state index is 11.0. The van der Waals surface area contributed by atoms with Crippen molar-refractivity contribution in [2.75, 3.05) is 19.8 Å². The molecule has 1 unspecified atom stereocenters. The number of benzene rings is 3. The van der Waals surface area contributed by atoms with E-state index in [2.05, 4.69) is 38.1 Å². The lowest BCUT2D eigenvalue weighted by Gasteiger charge is -2.20. The molecule has 4 aromatic rings. The highest BCUT2D eigenvalue weighted by atomic mass is 16.5. The van der Waals surface area contributed by atoms with E-state index >= 15 is 0 Å². The SMILES string of the molecule is CCCc1ccc(CCc2nc(OCC(CC)OCC)cc(OCc3ccccc3)c2-c2ccc(OCC(=O)O)cc2)cc1. The summed E-state index contributed by atoms with van der Waals surface area (Å²) in [5.41, 5.74) is 6.24. The third-order valence-electron chi connectivity index (χ3n) is 7.26. The van der Waals surface area contributed by atoms with Crippen molar-refractivity contribution in [3.63, 3.8) is 0 Å². The molecule has 0 bridgehead atoms. The molecule has 232 valence electrons. The summed E-state index contributed by atoms with van der Waals surface area (Å²) < 4.78 is 23.9. The first kappa shape index (κ1) is 32.6. The van der Waals surface area contributed by atoms with Gasteiger partial charge >= 0.3 is 5.97 Å². The number of pyridine rings is 1. The van der Waals surface area contributed by atoms with Crippen LogP contribution >= 0.6 is 0 Å². The Morgan fingerprint density at radius 3 is 2.14 bits per heavy atom. The molecular weight excluding hydrogens is 554 g/mol. The Morgan fingerprint density at radius 2 is 1.50 bits per heavy atom. The van der Waals surface area contributed by atoms with E-state index in [-0.39, 0.29) is 6.10 Å². The molecule has 1 heterocycles. The average molecular weight is 598 g/mol. The van der Waals surface area contributed by atoms with Gasteiger partial charge in [0.05, 0.1) is 11.8 Å². The van der Waals surface area contributed by atoms with E-state index in [1.807, 2.05) is 55.5 Å². The number of rotatable bonds is 18. The maximum Gasteiger partial charge on any atom is 0.341 e. The van der Waals surface area contributed by atoms with Gasteiger partial charge in [-0.1, -0.05) is 87.0 Å². The van der Waals surface area contributed by atoms with Gasteiger partial charge in [-0.2, -0.15) is 0 Å². The minimum Gasteiger partial charge on any atom is -0.488 e. The Hall–Kier alpha value is -4.36. The molecule has 0 aliphatic carbocycles. The van der Waals surface area contributed by atoms with Crippen LogP contribution in [0, 0.1) is 0 Å². The van der Waals surface area contributed by atoms with Crippen LogP contribution in [0.15, 0.2) is 84.9 Å². The molecule has 0 amide bonds. The largest absolute Gasteiger partial charge is 0.488 e. The van der Waals surface area contributed by atoms with Crippen LogP contribution in [0.4, 0.5) is 0 Å². The van der Waals surface area contributed by atoms with Crippen LogP contribution < -0.4 is 14.2 Å². The fourth-order valence-corrected chi connectivity index (χ4v) is 4.95. The Balaban J connectivity index is 1.71. The molecule has 0 aliphatic heterocycles. The molecular formula is C37H43NO6. The van der Waals surface area contributed by atoms with Gasteiger partial charge in [-0.25, -0.2) is 9.78 Å². The van der Waals surface area contributed by atoms with Gasteiger partial charge in [0, 0.05) is 18.2 Å². The second-order valence-corrected chi connectivity index (χ2v) is 10.6. The van der Waals surface area contributed by atoms with Crippen molar-refractivity contribution in [2.24, 2.45) is 0 Å². The van der Waals surface area contributed by atoms with Crippen molar-refractivity contribution in [3.05, 3.63) is 107 Å². The van der Waals surface area contributed by atoms with E-state index in [1.54, 1.807) is 12.1 Å². The minimum absolute atomic E-state index is 0.0291. The molecule has 4 rings (SSSR count).